The predicted octanol–water partition coefficient (Wildman–Crippen LogP) is 4.67. The van der Waals surface area contributed by atoms with Crippen molar-refractivity contribution in [2.24, 2.45) is 5.10 Å². The zero-order chi connectivity index (χ0) is 17.1. The van der Waals surface area contributed by atoms with Gasteiger partial charge in [-0.2, -0.15) is 5.10 Å². The van der Waals surface area contributed by atoms with E-state index in [0.717, 1.165) is 23.0 Å². The number of aryl methyl sites for hydroxylation is 1. The van der Waals surface area contributed by atoms with Crippen LogP contribution in [0.3, 0.4) is 0 Å². The Balaban J connectivity index is 1.90. The molecule has 0 radical (unpaired) electrons. The molecule has 0 aliphatic carbocycles. The third-order valence-electron chi connectivity index (χ3n) is 3.70. The topological polar surface area (TPSA) is 72.5 Å². The Kier molecular flexibility index (Phi) is 4.48. The summed E-state index contributed by atoms with van der Waals surface area (Å²) in [6, 6.07) is 14.1. The molecule has 0 aliphatic rings. The highest BCUT2D eigenvalue weighted by atomic mass is 35.5. The minimum absolute atomic E-state index is 0.0100. The number of hydrogen-bond donors (Lipinski definition) is 1. The van der Waals surface area contributed by atoms with E-state index in [2.05, 4.69) is 10.5 Å². The molecule has 0 bridgehead atoms. The number of nitro groups is 1. The molecule has 1 heterocycles. The van der Waals surface area contributed by atoms with Gasteiger partial charge >= 0.3 is 0 Å². The first-order valence-electron chi connectivity index (χ1n) is 7.42. The molecule has 0 saturated carbocycles. The number of benzene rings is 2. The van der Waals surface area contributed by atoms with E-state index in [9.17, 15) is 10.1 Å². The number of fused-ring (bicyclic) bond motifs is 1. The summed E-state index contributed by atoms with van der Waals surface area (Å²) in [4.78, 5) is 10.4. The van der Waals surface area contributed by atoms with Crippen molar-refractivity contribution in [3.8, 4) is 0 Å². The largest absolute Gasteiger partial charge is 0.331 e. The lowest BCUT2D eigenvalue weighted by Crippen LogP contribution is -1.95. The standard InChI is InChI=1S/C17H15ClN4O2/c1-2-21-16-9-4-3-8-14(16)15(17(21)18)11-19-20-12-6-5-7-13(10-12)22(23)24/h3-11,20H,2H2,1H3/b19-11+. The second-order valence-electron chi connectivity index (χ2n) is 5.14. The van der Waals surface area contributed by atoms with Gasteiger partial charge < -0.3 is 4.57 Å². The highest BCUT2D eigenvalue weighted by Gasteiger charge is 2.12. The van der Waals surface area contributed by atoms with Crippen LogP contribution in [0, 0.1) is 10.1 Å². The van der Waals surface area contributed by atoms with Gasteiger partial charge in [0.2, 0.25) is 0 Å². The van der Waals surface area contributed by atoms with Crippen LogP contribution in [0.25, 0.3) is 10.9 Å². The Morgan fingerprint density at radius 2 is 2.08 bits per heavy atom. The van der Waals surface area contributed by atoms with E-state index >= 15 is 0 Å². The normalized spacial score (nSPS) is 11.2. The van der Waals surface area contributed by atoms with Gasteiger partial charge in [0.25, 0.3) is 5.69 Å². The molecule has 1 aromatic heterocycles. The van der Waals surface area contributed by atoms with Crippen molar-refractivity contribution < 1.29 is 4.92 Å². The van der Waals surface area contributed by atoms with E-state index in [1.54, 1.807) is 18.3 Å². The lowest BCUT2D eigenvalue weighted by atomic mass is 10.2. The van der Waals surface area contributed by atoms with Crippen molar-refractivity contribution in [1.82, 2.24) is 4.57 Å². The monoisotopic (exact) mass is 342 g/mol. The minimum Gasteiger partial charge on any atom is -0.331 e. The number of hydrazone groups is 1. The number of non-ortho nitro benzene ring substituents is 1. The lowest BCUT2D eigenvalue weighted by molar-refractivity contribution is -0.384. The fourth-order valence-corrected chi connectivity index (χ4v) is 2.95. The summed E-state index contributed by atoms with van der Waals surface area (Å²) in [7, 11) is 0. The maximum Gasteiger partial charge on any atom is 0.271 e. The van der Waals surface area contributed by atoms with Crippen LogP contribution in [0.1, 0.15) is 12.5 Å². The average molecular weight is 343 g/mol. The first-order chi connectivity index (χ1) is 11.6. The fourth-order valence-electron chi connectivity index (χ4n) is 2.59. The second-order valence-corrected chi connectivity index (χ2v) is 5.50. The summed E-state index contributed by atoms with van der Waals surface area (Å²) in [6.45, 7) is 2.78. The van der Waals surface area contributed by atoms with Crippen molar-refractivity contribution in [2.75, 3.05) is 5.43 Å². The van der Waals surface area contributed by atoms with E-state index in [-0.39, 0.29) is 5.69 Å². The van der Waals surface area contributed by atoms with Crippen LogP contribution in [-0.2, 0) is 6.54 Å². The number of nitrogens with zero attached hydrogens (tertiary/aromatic N) is 3. The Labute approximate surface area is 143 Å². The number of anilines is 1. The molecule has 0 atom stereocenters. The van der Waals surface area contributed by atoms with Gasteiger partial charge in [0.05, 0.1) is 16.8 Å². The van der Waals surface area contributed by atoms with Gasteiger partial charge in [0, 0.05) is 35.1 Å². The van der Waals surface area contributed by atoms with Crippen LogP contribution in [-0.4, -0.2) is 15.7 Å². The zero-order valence-corrected chi connectivity index (χ0v) is 13.7. The highest BCUT2D eigenvalue weighted by Crippen LogP contribution is 2.28. The predicted molar refractivity (Wildman–Crippen MR) is 96.9 cm³/mol. The van der Waals surface area contributed by atoms with E-state index in [1.165, 1.54) is 12.1 Å². The number of hydrogen-bond acceptors (Lipinski definition) is 4. The van der Waals surface area contributed by atoms with E-state index < -0.39 is 4.92 Å². The molecular weight excluding hydrogens is 328 g/mol. The Morgan fingerprint density at radius 3 is 2.83 bits per heavy atom. The van der Waals surface area contributed by atoms with Gasteiger partial charge in [-0.3, -0.25) is 15.5 Å². The average Bonchev–Trinajstić information content (AvgIpc) is 2.86. The molecule has 0 fully saturated rings. The number of halogens is 1. The quantitative estimate of drug-likeness (QED) is 0.416. The molecule has 122 valence electrons. The van der Waals surface area contributed by atoms with Gasteiger partial charge in [-0.1, -0.05) is 35.9 Å². The molecule has 0 unspecified atom stereocenters. The van der Waals surface area contributed by atoms with Crippen LogP contribution in [0.15, 0.2) is 53.6 Å². The van der Waals surface area contributed by atoms with Gasteiger partial charge in [-0.05, 0) is 19.1 Å². The fraction of sp³-hybridized carbons (Fsp3) is 0.118. The van der Waals surface area contributed by atoms with Crippen molar-refractivity contribution in [2.45, 2.75) is 13.5 Å². The summed E-state index contributed by atoms with van der Waals surface area (Å²) in [5.41, 5.74) is 5.21. The SMILES string of the molecule is CCn1c(Cl)c(/C=N/Nc2cccc([N+](=O)[O-])c2)c2ccccc21. The van der Waals surface area contributed by atoms with Crippen LogP contribution in [0.2, 0.25) is 5.15 Å². The van der Waals surface area contributed by atoms with E-state index in [4.69, 9.17) is 11.6 Å². The number of para-hydroxylation sites is 1. The van der Waals surface area contributed by atoms with E-state index in [1.807, 2.05) is 35.8 Å². The zero-order valence-electron chi connectivity index (χ0n) is 12.9. The lowest BCUT2D eigenvalue weighted by Gasteiger charge is -2.01. The molecule has 1 N–H and O–H groups in total. The molecule has 3 aromatic rings. The molecule has 6 nitrogen and oxygen atoms in total. The van der Waals surface area contributed by atoms with Gasteiger partial charge in [-0.15, -0.1) is 0 Å². The molecule has 0 aliphatic heterocycles. The Morgan fingerprint density at radius 1 is 1.29 bits per heavy atom. The second kappa shape index (κ2) is 6.72. The summed E-state index contributed by atoms with van der Waals surface area (Å²) in [5.74, 6) is 0. The molecular formula is C17H15ClN4O2. The molecule has 0 amide bonds. The molecule has 3 rings (SSSR count). The molecule has 7 heteroatoms. The number of nitro benzene ring substituents is 1. The Hall–Kier alpha value is -2.86. The Bertz CT molecular complexity index is 933. The summed E-state index contributed by atoms with van der Waals surface area (Å²) in [6.07, 6.45) is 1.63. The molecule has 24 heavy (non-hydrogen) atoms. The number of nitrogens with one attached hydrogen (secondary N) is 1. The van der Waals surface area contributed by atoms with E-state index in [0.29, 0.717) is 10.8 Å². The molecule has 0 spiro atoms. The van der Waals surface area contributed by atoms with Crippen molar-refractivity contribution in [3.05, 3.63) is 69.4 Å². The third-order valence-corrected chi connectivity index (χ3v) is 4.11. The maximum absolute atomic E-state index is 10.8. The van der Waals surface area contributed by atoms with Crippen LogP contribution in [0.5, 0.6) is 0 Å². The van der Waals surface area contributed by atoms with Gasteiger partial charge in [0.1, 0.15) is 5.15 Å². The number of aromatic nitrogens is 1. The molecule has 0 saturated heterocycles. The smallest absolute Gasteiger partial charge is 0.271 e. The summed E-state index contributed by atoms with van der Waals surface area (Å²) >= 11 is 6.46. The summed E-state index contributed by atoms with van der Waals surface area (Å²) in [5, 5.41) is 16.6. The van der Waals surface area contributed by atoms with Gasteiger partial charge in [0.15, 0.2) is 0 Å². The first-order valence-corrected chi connectivity index (χ1v) is 7.80. The number of rotatable bonds is 5. The summed E-state index contributed by atoms with van der Waals surface area (Å²) < 4.78 is 2.01. The van der Waals surface area contributed by atoms with Crippen LogP contribution in [0.4, 0.5) is 11.4 Å². The van der Waals surface area contributed by atoms with Crippen LogP contribution >= 0.6 is 11.6 Å². The minimum atomic E-state index is -0.444. The highest BCUT2D eigenvalue weighted by molar-refractivity contribution is 6.34. The van der Waals surface area contributed by atoms with Crippen molar-refractivity contribution in [1.29, 1.82) is 0 Å². The molecule has 2 aromatic carbocycles. The first kappa shape index (κ1) is 16.0. The van der Waals surface area contributed by atoms with Crippen molar-refractivity contribution >= 4 is 40.1 Å². The third kappa shape index (κ3) is 2.96. The van der Waals surface area contributed by atoms with Gasteiger partial charge in [-0.25, -0.2) is 0 Å². The maximum atomic E-state index is 10.8. The van der Waals surface area contributed by atoms with Crippen LogP contribution < -0.4 is 5.43 Å². The van der Waals surface area contributed by atoms with Crippen molar-refractivity contribution in [3.63, 3.8) is 0 Å².